The lowest BCUT2D eigenvalue weighted by molar-refractivity contribution is 0.00986. The quantitative estimate of drug-likeness (QED) is 0.370. The summed E-state index contributed by atoms with van der Waals surface area (Å²) in [6.07, 6.45) is 6.02. The Morgan fingerprint density at radius 2 is 1.74 bits per heavy atom. The first kappa shape index (κ1) is 24.0. The Labute approximate surface area is 189 Å². The number of aliphatic imine (C=N–C) groups is 1. The number of guanidine groups is 1. The molecule has 0 spiro atoms. The fraction of sp³-hybridized carbons (Fsp3) is 0.720. The minimum absolute atomic E-state index is 0.379. The second kappa shape index (κ2) is 13.0. The second-order valence-electron chi connectivity index (χ2n) is 9.04. The van der Waals surface area contributed by atoms with Crippen LogP contribution in [0.2, 0.25) is 0 Å². The number of likely N-dealkylation sites (tertiary alicyclic amines) is 2. The Balaban J connectivity index is 1.32. The van der Waals surface area contributed by atoms with Gasteiger partial charge in [0.15, 0.2) is 5.96 Å². The van der Waals surface area contributed by atoms with Gasteiger partial charge in [-0.15, -0.1) is 0 Å². The monoisotopic (exact) mass is 430 g/mol. The fourth-order valence-electron chi connectivity index (χ4n) is 4.56. The third-order valence-corrected chi connectivity index (χ3v) is 6.58. The van der Waals surface area contributed by atoms with E-state index in [1.165, 1.54) is 37.1 Å². The van der Waals surface area contributed by atoms with E-state index in [0.29, 0.717) is 6.10 Å². The first-order chi connectivity index (χ1) is 15.2. The van der Waals surface area contributed by atoms with E-state index in [9.17, 15) is 0 Å². The number of hydrogen-bond acceptors (Lipinski definition) is 4. The van der Waals surface area contributed by atoms with Gasteiger partial charge in [0.05, 0.1) is 6.10 Å². The van der Waals surface area contributed by atoms with Crippen molar-refractivity contribution in [2.45, 2.75) is 51.7 Å². The summed E-state index contributed by atoms with van der Waals surface area (Å²) in [5.74, 6) is 1.78. The highest BCUT2D eigenvalue weighted by Crippen LogP contribution is 2.19. The number of hydrogen-bond donors (Lipinski definition) is 1. The SMILES string of the molecule is CN=C(NCC1CCN(Cc2ccc(C)cc2)CC1)N1CCC(OCCCOC)CC1. The van der Waals surface area contributed by atoms with Crippen LogP contribution in [-0.4, -0.2) is 82.0 Å². The first-order valence-electron chi connectivity index (χ1n) is 12.0. The maximum Gasteiger partial charge on any atom is 0.193 e. The van der Waals surface area contributed by atoms with Crippen LogP contribution < -0.4 is 5.32 Å². The molecule has 6 heteroatoms. The van der Waals surface area contributed by atoms with Crippen molar-refractivity contribution in [1.29, 1.82) is 0 Å². The van der Waals surface area contributed by atoms with Crippen LogP contribution >= 0.6 is 0 Å². The predicted molar refractivity (Wildman–Crippen MR) is 128 cm³/mol. The third-order valence-electron chi connectivity index (χ3n) is 6.58. The van der Waals surface area contributed by atoms with Gasteiger partial charge in [0, 0.05) is 53.6 Å². The minimum Gasteiger partial charge on any atom is -0.385 e. The van der Waals surface area contributed by atoms with Crippen molar-refractivity contribution in [2.24, 2.45) is 10.9 Å². The zero-order valence-corrected chi connectivity index (χ0v) is 19.8. The van der Waals surface area contributed by atoms with Crippen LogP contribution in [-0.2, 0) is 16.0 Å². The molecule has 2 fully saturated rings. The van der Waals surface area contributed by atoms with Gasteiger partial charge in [-0.2, -0.15) is 0 Å². The average Bonchev–Trinajstić information content (AvgIpc) is 2.80. The molecule has 31 heavy (non-hydrogen) atoms. The molecule has 6 nitrogen and oxygen atoms in total. The van der Waals surface area contributed by atoms with Crippen molar-refractivity contribution in [3.05, 3.63) is 35.4 Å². The summed E-state index contributed by atoms with van der Waals surface area (Å²) in [6.45, 7) is 10.2. The standard InChI is InChI=1S/C25H42N4O2/c1-21-5-7-23(8-6-21)20-28-13-9-22(10-14-28)19-27-25(26-2)29-15-11-24(12-16-29)31-18-4-17-30-3/h5-8,22,24H,4,9-20H2,1-3H3,(H,26,27). The normalized spacial score (nSPS) is 19.7. The molecule has 2 saturated heterocycles. The van der Waals surface area contributed by atoms with E-state index in [1.54, 1.807) is 7.11 Å². The number of nitrogens with one attached hydrogen (secondary N) is 1. The van der Waals surface area contributed by atoms with E-state index >= 15 is 0 Å². The maximum absolute atomic E-state index is 5.99. The summed E-state index contributed by atoms with van der Waals surface area (Å²) in [4.78, 5) is 9.53. The summed E-state index contributed by atoms with van der Waals surface area (Å²) in [5, 5.41) is 3.65. The molecule has 1 aromatic carbocycles. The average molecular weight is 431 g/mol. The Morgan fingerprint density at radius 1 is 1.03 bits per heavy atom. The summed E-state index contributed by atoms with van der Waals surface area (Å²) in [7, 11) is 3.64. The third kappa shape index (κ3) is 8.09. The zero-order valence-electron chi connectivity index (χ0n) is 19.8. The lowest BCUT2D eigenvalue weighted by atomic mass is 9.96. The van der Waals surface area contributed by atoms with Gasteiger partial charge in [0.2, 0.25) is 0 Å². The molecule has 0 unspecified atom stereocenters. The first-order valence-corrected chi connectivity index (χ1v) is 12.0. The van der Waals surface area contributed by atoms with Crippen molar-refractivity contribution >= 4 is 5.96 Å². The van der Waals surface area contributed by atoms with Crippen LogP contribution in [0.4, 0.5) is 0 Å². The van der Waals surface area contributed by atoms with Gasteiger partial charge in [0.25, 0.3) is 0 Å². The van der Waals surface area contributed by atoms with Crippen LogP contribution in [0.3, 0.4) is 0 Å². The minimum atomic E-state index is 0.379. The van der Waals surface area contributed by atoms with Gasteiger partial charge in [-0.1, -0.05) is 29.8 Å². The van der Waals surface area contributed by atoms with E-state index < -0.39 is 0 Å². The molecule has 0 amide bonds. The number of nitrogens with zero attached hydrogens (tertiary/aromatic N) is 3. The molecule has 0 saturated carbocycles. The molecule has 1 N–H and O–H groups in total. The number of benzene rings is 1. The maximum atomic E-state index is 5.99. The smallest absolute Gasteiger partial charge is 0.193 e. The molecule has 0 atom stereocenters. The van der Waals surface area contributed by atoms with Gasteiger partial charge in [-0.25, -0.2) is 0 Å². The highest BCUT2D eigenvalue weighted by Gasteiger charge is 2.24. The van der Waals surface area contributed by atoms with Gasteiger partial charge < -0.3 is 19.7 Å². The lowest BCUT2D eigenvalue weighted by Crippen LogP contribution is -2.48. The molecule has 2 aliphatic rings. The number of methoxy groups -OCH3 is 1. The molecule has 0 aliphatic carbocycles. The highest BCUT2D eigenvalue weighted by atomic mass is 16.5. The Hall–Kier alpha value is -1.63. The number of piperidine rings is 2. The van der Waals surface area contributed by atoms with E-state index in [0.717, 1.165) is 70.5 Å². The van der Waals surface area contributed by atoms with Crippen molar-refractivity contribution in [2.75, 3.05) is 60.1 Å². The van der Waals surface area contributed by atoms with Crippen molar-refractivity contribution in [1.82, 2.24) is 15.1 Å². The highest BCUT2D eigenvalue weighted by molar-refractivity contribution is 5.79. The number of rotatable bonds is 9. The van der Waals surface area contributed by atoms with Crippen LogP contribution in [0.1, 0.15) is 43.2 Å². The van der Waals surface area contributed by atoms with E-state index in [2.05, 4.69) is 51.3 Å². The molecular formula is C25H42N4O2. The molecule has 3 rings (SSSR count). The summed E-state index contributed by atoms with van der Waals surface area (Å²) < 4.78 is 11.1. The molecule has 2 aliphatic heterocycles. The van der Waals surface area contributed by atoms with Gasteiger partial charge in [-0.3, -0.25) is 9.89 Å². The number of ether oxygens (including phenoxy) is 2. The predicted octanol–water partition coefficient (Wildman–Crippen LogP) is 3.30. The largest absolute Gasteiger partial charge is 0.385 e. The van der Waals surface area contributed by atoms with Crippen molar-refractivity contribution in [3.63, 3.8) is 0 Å². The van der Waals surface area contributed by atoms with Crippen LogP contribution in [0.5, 0.6) is 0 Å². The van der Waals surface area contributed by atoms with Crippen molar-refractivity contribution in [3.8, 4) is 0 Å². The molecule has 2 heterocycles. The summed E-state index contributed by atoms with van der Waals surface area (Å²) >= 11 is 0. The number of aryl methyl sites for hydroxylation is 1. The topological polar surface area (TPSA) is 49.3 Å². The Morgan fingerprint density at radius 3 is 2.39 bits per heavy atom. The fourth-order valence-corrected chi connectivity index (χ4v) is 4.56. The second-order valence-corrected chi connectivity index (χ2v) is 9.04. The lowest BCUT2D eigenvalue weighted by Gasteiger charge is -2.36. The Kier molecular flexibility index (Phi) is 10.1. The van der Waals surface area contributed by atoms with E-state index in [1.807, 2.05) is 7.05 Å². The zero-order chi connectivity index (χ0) is 21.9. The van der Waals surface area contributed by atoms with Gasteiger partial charge in [-0.05, 0) is 63.6 Å². The molecule has 174 valence electrons. The van der Waals surface area contributed by atoms with Gasteiger partial charge in [0.1, 0.15) is 0 Å². The molecule has 0 radical (unpaired) electrons. The van der Waals surface area contributed by atoms with Crippen LogP contribution in [0, 0.1) is 12.8 Å². The summed E-state index contributed by atoms with van der Waals surface area (Å²) in [6, 6.07) is 8.96. The van der Waals surface area contributed by atoms with Gasteiger partial charge >= 0.3 is 0 Å². The Bertz CT molecular complexity index is 648. The summed E-state index contributed by atoms with van der Waals surface area (Å²) in [5.41, 5.74) is 2.76. The molecule has 1 aromatic rings. The molecular weight excluding hydrogens is 388 g/mol. The van der Waals surface area contributed by atoms with Crippen molar-refractivity contribution < 1.29 is 9.47 Å². The van der Waals surface area contributed by atoms with Crippen LogP contribution in [0.25, 0.3) is 0 Å². The van der Waals surface area contributed by atoms with E-state index in [-0.39, 0.29) is 0 Å². The van der Waals surface area contributed by atoms with Crippen LogP contribution in [0.15, 0.2) is 29.3 Å². The molecule has 0 bridgehead atoms. The molecule has 0 aromatic heterocycles. The van der Waals surface area contributed by atoms with E-state index in [4.69, 9.17) is 9.47 Å².